The summed E-state index contributed by atoms with van der Waals surface area (Å²) in [4.78, 5) is 34.8. The molecule has 0 aliphatic rings. The van der Waals surface area contributed by atoms with E-state index < -0.39 is 18.1 Å². The van der Waals surface area contributed by atoms with Crippen molar-refractivity contribution < 1.29 is 29.4 Å². The predicted octanol–water partition coefficient (Wildman–Crippen LogP) is 4.10. The Morgan fingerprint density at radius 3 is 2.48 bits per heavy atom. The van der Waals surface area contributed by atoms with E-state index in [0.717, 1.165) is 6.08 Å². The molecule has 9 heteroatoms. The quantitative estimate of drug-likeness (QED) is 0.212. The molecule has 0 aliphatic carbocycles. The first-order valence-electron chi connectivity index (χ1n) is 8.47. The summed E-state index contributed by atoms with van der Waals surface area (Å²) in [5.41, 5.74) is 2.72. The minimum absolute atomic E-state index is 0.0636. The van der Waals surface area contributed by atoms with E-state index in [1.54, 1.807) is 36.4 Å². The third-order valence-corrected chi connectivity index (χ3v) is 4.35. The highest BCUT2D eigenvalue weighted by Crippen LogP contribution is 2.32. The number of nitrogens with one attached hydrogen (secondary N) is 2. The van der Waals surface area contributed by atoms with E-state index in [2.05, 4.69) is 21.2 Å². The van der Waals surface area contributed by atoms with Crippen molar-refractivity contribution >= 4 is 39.4 Å². The monoisotopic (exact) mass is 462 g/mol. The van der Waals surface area contributed by atoms with Gasteiger partial charge in [0.1, 0.15) is 11.9 Å². The Balaban J connectivity index is 2.16. The van der Waals surface area contributed by atoms with Crippen LogP contribution in [0.1, 0.15) is 35.4 Å². The number of aromatic hydroxyl groups is 1. The van der Waals surface area contributed by atoms with Gasteiger partial charge in [-0.15, -0.1) is 0 Å². The number of carbonyl (C=O) groups is 3. The fraction of sp³-hybridized carbons (Fsp3) is 0.150. The SMILES string of the molecule is CC(=O)c1ccc(NC(=O)O[C@H](C/C=C/C(=O)NO)c2cc(Br)ccc2O)cc1. The van der Waals surface area contributed by atoms with E-state index >= 15 is 0 Å². The number of ketones is 1. The van der Waals surface area contributed by atoms with Crippen LogP contribution >= 0.6 is 15.9 Å². The second-order valence-corrected chi connectivity index (χ2v) is 6.89. The Hall–Kier alpha value is -3.17. The summed E-state index contributed by atoms with van der Waals surface area (Å²) in [6, 6.07) is 10.9. The van der Waals surface area contributed by atoms with Gasteiger partial charge in [-0.3, -0.25) is 20.1 Å². The van der Waals surface area contributed by atoms with Crippen LogP contribution in [0, 0.1) is 0 Å². The maximum atomic E-state index is 12.3. The van der Waals surface area contributed by atoms with E-state index in [4.69, 9.17) is 9.94 Å². The van der Waals surface area contributed by atoms with Crippen molar-refractivity contribution in [1.82, 2.24) is 5.48 Å². The summed E-state index contributed by atoms with van der Waals surface area (Å²) in [7, 11) is 0. The van der Waals surface area contributed by atoms with Gasteiger partial charge in [0.15, 0.2) is 5.78 Å². The van der Waals surface area contributed by atoms with Crippen LogP contribution in [0.4, 0.5) is 10.5 Å². The molecule has 152 valence electrons. The summed E-state index contributed by atoms with van der Waals surface area (Å²) in [6.07, 6.45) is 0.834. The maximum Gasteiger partial charge on any atom is 0.412 e. The van der Waals surface area contributed by atoms with Crippen LogP contribution in [0.2, 0.25) is 0 Å². The Morgan fingerprint density at radius 1 is 1.17 bits per heavy atom. The third kappa shape index (κ3) is 6.74. The van der Waals surface area contributed by atoms with Crippen molar-refractivity contribution in [3.63, 3.8) is 0 Å². The lowest BCUT2D eigenvalue weighted by molar-refractivity contribution is -0.124. The van der Waals surface area contributed by atoms with E-state index in [9.17, 15) is 19.5 Å². The summed E-state index contributed by atoms with van der Waals surface area (Å²) < 4.78 is 6.09. The highest BCUT2D eigenvalue weighted by molar-refractivity contribution is 9.10. The molecule has 2 aromatic rings. The number of rotatable bonds is 7. The largest absolute Gasteiger partial charge is 0.508 e. The van der Waals surface area contributed by atoms with Crippen molar-refractivity contribution in [3.05, 3.63) is 70.2 Å². The molecule has 2 amide bonds. The third-order valence-electron chi connectivity index (χ3n) is 3.85. The average Bonchev–Trinajstić information content (AvgIpc) is 2.69. The first kappa shape index (κ1) is 22.1. The van der Waals surface area contributed by atoms with Crippen molar-refractivity contribution in [2.45, 2.75) is 19.4 Å². The summed E-state index contributed by atoms with van der Waals surface area (Å²) >= 11 is 3.30. The van der Waals surface area contributed by atoms with Crippen molar-refractivity contribution in [2.24, 2.45) is 0 Å². The molecule has 1 atom stereocenters. The van der Waals surface area contributed by atoms with Gasteiger partial charge in [0.2, 0.25) is 0 Å². The van der Waals surface area contributed by atoms with Crippen molar-refractivity contribution in [3.8, 4) is 5.75 Å². The number of carbonyl (C=O) groups excluding carboxylic acids is 3. The number of anilines is 1. The van der Waals surface area contributed by atoms with Gasteiger partial charge in [0, 0.05) is 33.8 Å². The van der Waals surface area contributed by atoms with Crippen LogP contribution in [0.3, 0.4) is 0 Å². The number of hydrogen-bond acceptors (Lipinski definition) is 6. The van der Waals surface area contributed by atoms with Crippen molar-refractivity contribution in [1.29, 1.82) is 0 Å². The van der Waals surface area contributed by atoms with Crippen LogP contribution in [-0.4, -0.2) is 28.1 Å². The zero-order valence-corrected chi connectivity index (χ0v) is 17.0. The Morgan fingerprint density at radius 2 is 1.86 bits per heavy atom. The Bertz CT molecular complexity index is 927. The van der Waals surface area contributed by atoms with Gasteiger partial charge in [-0.2, -0.15) is 0 Å². The summed E-state index contributed by atoms with van der Waals surface area (Å²) in [5.74, 6) is -0.919. The molecular formula is C20H19BrN2O6. The van der Waals surface area contributed by atoms with E-state index in [1.807, 2.05) is 0 Å². The molecule has 8 nitrogen and oxygen atoms in total. The Labute approximate surface area is 175 Å². The number of ether oxygens (including phenoxy) is 1. The highest BCUT2D eigenvalue weighted by Gasteiger charge is 2.20. The molecular weight excluding hydrogens is 444 g/mol. The number of phenols is 1. The highest BCUT2D eigenvalue weighted by atomic mass is 79.9. The molecule has 0 spiro atoms. The molecule has 2 aromatic carbocycles. The number of hydrogen-bond donors (Lipinski definition) is 4. The second kappa shape index (κ2) is 10.4. The summed E-state index contributed by atoms with van der Waals surface area (Å²) in [5, 5.41) is 21.2. The number of halogens is 1. The van der Waals surface area contributed by atoms with Gasteiger partial charge in [-0.05, 0) is 49.4 Å². The van der Waals surface area contributed by atoms with E-state index in [-0.39, 0.29) is 18.0 Å². The fourth-order valence-corrected chi connectivity index (χ4v) is 2.80. The average molecular weight is 463 g/mol. The number of benzene rings is 2. The molecule has 29 heavy (non-hydrogen) atoms. The zero-order chi connectivity index (χ0) is 21.4. The van der Waals surface area contributed by atoms with Gasteiger partial charge >= 0.3 is 6.09 Å². The van der Waals surface area contributed by atoms with E-state index in [0.29, 0.717) is 21.3 Å². The van der Waals surface area contributed by atoms with Crippen LogP contribution in [0.25, 0.3) is 0 Å². The molecule has 0 bridgehead atoms. The molecule has 0 saturated heterocycles. The first-order chi connectivity index (χ1) is 13.8. The standard InChI is InChI=1S/C20H19BrN2O6/c1-12(24)13-5-8-15(9-6-13)22-20(27)29-18(3-2-4-19(26)23-28)16-11-14(21)7-10-17(16)25/h2,4-11,18,25,28H,3H2,1H3,(H,22,27)(H,23,26)/b4-2+/t18-/m1/s1. The lowest BCUT2D eigenvalue weighted by Gasteiger charge is -2.19. The predicted molar refractivity (Wildman–Crippen MR) is 109 cm³/mol. The Kier molecular flexibility index (Phi) is 7.93. The molecule has 0 aromatic heterocycles. The molecule has 0 radical (unpaired) electrons. The molecule has 0 unspecified atom stereocenters. The van der Waals surface area contributed by atoms with Gasteiger partial charge in [-0.25, -0.2) is 10.3 Å². The van der Waals surface area contributed by atoms with Gasteiger partial charge in [0.25, 0.3) is 5.91 Å². The van der Waals surface area contributed by atoms with Gasteiger partial charge in [0.05, 0.1) is 0 Å². The molecule has 0 fully saturated rings. The fourth-order valence-electron chi connectivity index (χ4n) is 2.42. The zero-order valence-electron chi connectivity index (χ0n) is 15.4. The normalized spacial score (nSPS) is 11.7. The molecule has 0 aliphatic heterocycles. The molecule has 2 rings (SSSR count). The van der Waals surface area contributed by atoms with Crippen LogP contribution in [-0.2, 0) is 9.53 Å². The number of Topliss-reactive ketones (excluding diaryl/α,β-unsaturated/α-hetero) is 1. The summed E-state index contributed by atoms with van der Waals surface area (Å²) in [6.45, 7) is 1.44. The van der Waals surface area contributed by atoms with Gasteiger partial charge in [-0.1, -0.05) is 22.0 Å². The van der Waals surface area contributed by atoms with Crippen LogP contribution < -0.4 is 10.8 Å². The van der Waals surface area contributed by atoms with Crippen LogP contribution in [0.5, 0.6) is 5.75 Å². The smallest absolute Gasteiger partial charge is 0.412 e. The topological polar surface area (TPSA) is 125 Å². The molecule has 0 heterocycles. The number of hydroxylamine groups is 1. The van der Waals surface area contributed by atoms with Crippen LogP contribution in [0.15, 0.2) is 59.1 Å². The number of phenolic OH excluding ortho intramolecular Hbond substituents is 1. The maximum absolute atomic E-state index is 12.3. The first-order valence-corrected chi connectivity index (χ1v) is 9.27. The van der Waals surface area contributed by atoms with Gasteiger partial charge < -0.3 is 9.84 Å². The van der Waals surface area contributed by atoms with Crippen molar-refractivity contribution in [2.75, 3.05) is 5.32 Å². The van der Waals surface area contributed by atoms with E-state index in [1.165, 1.54) is 24.5 Å². The number of amides is 2. The lowest BCUT2D eigenvalue weighted by Crippen LogP contribution is -2.18. The molecule has 4 N–H and O–H groups in total. The minimum atomic E-state index is -0.910. The lowest BCUT2D eigenvalue weighted by atomic mass is 10.0. The second-order valence-electron chi connectivity index (χ2n) is 5.97. The minimum Gasteiger partial charge on any atom is -0.508 e. The molecule has 0 saturated carbocycles.